The van der Waals surface area contributed by atoms with E-state index < -0.39 is 41.9 Å². The Morgan fingerprint density at radius 2 is 1.81 bits per heavy atom. The van der Waals surface area contributed by atoms with Crippen LogP contribution in [-0.2, 0) is 0 Å². The molecule has 1 aromatic rings. The highest BCUT2D eigenvalue weighted by Crippen LogP contribution is 2.23. The molecule has 1 aromatic carbocycles. The Labute approximate surface area is 87.3 Å². The van der Waals surface area contributed by atoms with Crippen LogP contribution >= 0.6 is 0 Å². The summed E-state index contributed by atoms with van der Waals surface area (Å²) in [7, 11) is 0. The molecule has 0 aliphatic rings. The first-order valence-corrected chi connectivity index (χ1v) is 4.05. The predicted molar refractivity (Wildman–Crippen MR) is 44.8 cm³/mol. The van der Waals surface area contributed by atoms with Crippen molar-refractivity contribution in [2.24, 2.45) is 0 Å². The lowest BCUT2D eigenvalue weighted by atomic mass is 10.2. The number of hydrogen-bond acceptors (Lipinski definition) is 2. The molecular weight excluding hydrogens is 232 g/mol. The fourth-order valence-electron chi connectivity index (χ4n) is 0.968. The molecule has 0 unspecified atom stereocenters. The monoisotopic (exact) mass is 238 g/mol. The second kappa shape index (κ2) is 4.82. The van der Waals surface area contributed by atoms with Gasteiger partial charge in [0.25, 0.3) is 6.43 Å². The number of carboxylic acids is 1. The van der Waals surface area contributed by atoms with Crippen LogP contribution in [0.4, 0.5) is 17.6 Å². The van der Waals surface area contributed by atoms with Crippen molar-refractivity contribution in [3.63, 3.8) is 0 Å². The summed E-state index contributed by atoms with van der Waals surface area (Å²) >= 11 is 0. The van der Waals surface area contributed by atoms with Crippen molar-refractivity contribution in [2.45, 2.75) is 6.43 Å². The number of halogens is 4. The predicted octanol–water partition coefficient (Wildman–Crippen LogP) is 2.31. The average Bonchev–Trinajstić information content (AvgIpc) is 2.15. The van der Waals surface area contributed by atoms with E-state index in [2.05, 4.69) is 4.74 Å². The van der Waals surface area contributed by atoms with Crippen molar-refractivity contribution < 1.29 is 32.2 Å². The zero-order valence-electron chi connectivity index (χ0n) is 7.71. The zero-order valence-corrected chi connectivity index (χ0v) is 7.71. The summed E-state index contributed by atoms with van der Waals surface area (Å²) in [6, 6.07) is 0.985. The van der Waals surface area contributed by atoms with Crippen LogP contribution in [0, 0.1) is 11.6 Å². The van der Waals surface area contributed by atoms with Crippen LogP contribution in [-0.4, -0.2) is 24.1 Å². The first kappa shape index (κ1) is 12.3. The molecule has 0 radical (unpaired) electrons. The zero-order chi connectivity index (χ0) is 12.3. The van der Waals surface area contributed by atoms with Crippen LogP contribution in [0.2, 0.25) is 0 Å². The average molecular weight is 238 g/mol. The summed E-state index contributed by atoms with van der Waals surface area (Å²) in [5, 5.41) is 8.45. The van der Waals surface area contributed by atoms with Crippen molar-refractivity contribution in [3.8, 4) is 5.75 Å². The number of alkyl halides is 2. The summed E-state index contributed by atoms with van der Waals surface area (Å²) in [4.78, 5) is 10.4. The summed E-state index contributed by atoms with van der Waals surface area (Å²) < 4.78 is 53.7. The van der Waals surface area contributed by atoms with Gasteiger partial charge in [-0.25, -0.2) is 22.4 Å². The first-order valence-electron chi connectivity index (χ1n) is 4.05. The van der Waals surface area contributed by atoms with Crippen LogP contribution in [0.3, 0.4) is 0 Å². The molecule has 0 saturated heterocycles. The SMILES string of the molecule is O=C(O)c1cc(F)c(OCC(F)F)c(F)c1. The Kier molecular flexibility index (Phi) is 3.70. The lowest BCUT2D eigenvalue weighted by Crippen LogP contribution is -2.10. The second-order valence-electron chi connectivity index (χ2n) is 2.78. The van der Waals surface area contributed by atoms with Crippen LogP contribution < -0.4 is 4.74 Å². The van der Waals surface area contributed by atoms with E-state index in [1.165, 1.54) is 0 Å². The van der Waals surface area contributed by atoms with Gasteiger partial charge in [0.2, 0.25) is 0 Å². The molecule has 16 heavy (non-hydrogen) atoms. The summed E-state index contributed by atoms with van der Waals surface area (Å²) in [5.41, 5.74) is -0.626. The van der Waals surface area contributed by atoms with Gasteiger partial charge < -0.3 is 9.84 Å². The van der Waals surface area contributed by atoms with Gasteiger partial charge >= 0.3 is 5.97 Å². The number of carbonyl (C=O) groups is 1. The third kappa shape index (κ3) is 2.85. The fraction of sp³-hybridized carbons (Fsp3) is 0.222. The number of benzene rings is 1. The van der Waals surface area contributed by atoms with E-state index in [1.54, 1.807) is 0 Å². The maximum Gasteiger partial charge on any atom is 0.335 e. The molecule has 0 aromatic heterocycles. The van der Waals surface area contributed by atoms with Gasteiger partial charge in [-0.3, -0.25) is 0 Å². The van der Waals surface area contributed by atoms with E-state index in [-0.39, 0.29) is 0 Å². The van der Waals surface area contributed by atoms with Gasteiger partial charge in [0.1, 0.15) is 6.61 Å². The molecule has 0 saturated carbocycles. The van der Waals surface area contributed by atoms with Crippen molar-refractivity contribution >= 4 is 5.97 Å². The van der Waals surface area contributed by atoms with Gasteiger partial charge in [-0.05, 0) is 12.1 Å². The standard InChI is InChI=1S/C9H6F4O3/c10-5-1-4(9(14)15)2-6(11)8(5)16-3-7(12)13/h1-2,7H,3H2,(H,14,15). The smallest absolute Gasteiger partial charge is 0.335 e. The van der Waals surface area contributed by atoms with Crippen molar-refractivity contribution in [1.29, 1.82) is 0 Å². The minimum atomic E-state index is -2.88. The highest BCUT2D eigenvalue weighted by Gasteiger charge is 2.17. The van der Waals surface area contributed by atoms with Gasteiger partial charge in [0.05, 0.1) is 5.56 Å². The molecule has 7 heteroatoms. The fourth-order valence-corrected chi connectivity index (χ4v) is 0.968. The molecule has 0 heterocycles. The third-order valence-electron chi connectivity index (χ3n) is 1.60. The number of aromatic carboxylic acids is 1. The third-order valence-corrected chi connectivity index (χ3v) is 1.60. The molecule has 0 amide bonds. The molecule has 0 aliphatic carbocycles. The lowest BCUT2D eigenvalue weighted by molar-refractivity contribution is 0.0690. The van der Waals surface area contributed by atoms with E-state index >= 15 is 0 Å². The van der Waals surface area contributed by atoms with E-state index in [4.69, 9.17) is 5.11 Å². The van der Waals surface area contributed by atoms with Gasteiger partial charge in [0.15, 0.2) is 17.4 Å². The molecule has 0 aliphatic heterocycles. The van der Waals surface area contributed by atoms with E-state index in [0.29, 0.717) is 12.1 Å². The maximum atomic E-state index is 13.0. The van der Waals surface area contributed by atoms with E-state index in [1.807, 2.05) is 0 Å². The van der Waals surface area contributed by atoms with Crippen LogP contribution in [0.25, 0.3) is 0 Å². The summed E-state index contributed by atoms with van der Waals surface area (Å²) in [6.45, 7) is -1.17. The molecule has 0 bridgehead atoms. The second-order valence-corrected chi connectivity index (χ2v) is 2.78. The number of hydrogen-bond donors (Lipinski definition) is 1. The highest BCUT2D eigenvalue weighted by atomic mass is 19.3. The Morgan fingerprint density at radius 3 is 2.19 bits per heavy atom. The minimum absolute atomic E-state index is 0.492. The molecule has 0 atom stereocenters. The highest BCUT2D eigenvalue weighted by molar-refractivity contribution is 5.87. The summed E-state index contributed by atoms with van der Waals surface area (Å²) in [5.74, 6) is -5.21. The number of ether oxygens (including phenoxy) is 1. The molecular formula is C9H6F4O3. The lowest BCUT2D eigenvalue weighted by Gasteiger charge is -2.08. The van der Waals surface area contributed by atoms with E-state index in [0.717, 1.165) is 0 Å². The molecule has 1 rings (SSSR count). The number of rotatable bonds is 4. The van der Waals surface area contributed by atoms with Gasteiger partial charge in [0, 0.05) is 0 Å². The maximum absolute atomic E-state index is 13.0. The number of carboxylic acid groups (broad SMARTS) is 1. The molecule has 3 nitrogen and oxygen atoms in total. The quantitative estimate of drug-likeness (QED) is 0.818. The van der Waals surface area contributed by atoms with Gasteiger partial charge in [-0.15, -0.1) is 0 Å². The van der Waals surface area contributed by atoms with Crippen LogP contribution in [0.1, 0.15) is 10.4 Å². The van der Waals surface area contributed by atoms with Crippen molar-refractivity contribution in [2.75, 3.05) is 6.61 Å². The molecule has 0 fully saturated rings. The first-order chi connectivity index (χ1) is 7.41. The molecule has 88 valence electrons. The normalized spacial score (nSPS) is 10.6. The Bertz CT molecular complexity index is 383. The van der Waals surface area contributed by atoms with Crippen molar-refractivity contribution in [3.05, 3.63) is 29.3 Å². The van der Waals surface area contributed by atoms with Gasteiger partial charge in [-0.1, -0.05) is 0 Å². The molecule has 0 spiro atoms. The van der Waals surface area contributed by atoms with Gasteiger partial charge in [-0.2, -0.15) is 0 Å². The van der Waals surface area contributed by atoms with Crippen molar-refractivity contribution in [1.82, 2.24) is 0 Å². The van der Waals surface area contributed by atoms with Crippen LogP contribution in [0.15, 0.2) is 12.1 Å². The Morgan fingerprint density at radius 1 is 1.31 bits per heavy atom. The van der Waals surface area contributed by atoms with E-state index in [9.17, 15) is 22.4 Å². The van der Waals surface area contributed by atoms with Crippen LogP contribution in [0.5, 0.6) is 5.75 Å². The minimum Gasteiger partial charge on any atom is -0.482 e. The summed E-state index contributed by atoms with van der Waals surface area (Å²) in [6.07, 6.45) is -2.88. The Balaban J connectivity index is 2.98. The Hall–Kier alpha value is -1.79. The molecule has 1 N–H and O–H groups in total. The largest absolute Gasteiger partial charge is 0.482 e. The topological polar surface area (TPSA) is 46.5 Å².